The average Bonchev–Trinajstić information content (AvgIpc) is 3.24. The first-order valence-electron chi connectivity index (χ1n) is 8.50. The lowest BCUT2D eigenvalue weighted by Gasteiger charge is -2.29. The minimum Gasteiger partial charge on any atom is -0.459 e. The quantitative estimate of drug-likeness (QED) is 0.823. The van der Waals surface area contributed by atoms with E-state index in [0.29, 0.717) is 22.8 Å². The van der Waals surface area contributed by atoms with Crippen LogP contribution in [0, 0.1) is 0 Å². The predicted octanol–water partition coefficient (Wildman–Crippen LogP) is 2.53. The van der Waals surface area contributed by atoms with Gasteiger partial charge in [0.1, 0.15) is 6.10 Å². The monoisotopic (exact) mass is 344 g/mol. The zero-order valence-electron chi connectivity index (χ0n) is 14.0. The van der Waals surface area contributed by atoms with E-state index in [-0.39, 0.29) is 24.9 Å². The zero-order valence-corrected chi connectivity index (χ0v) is 14.0. The molecule has 1 atom stereocenters. The molecule has 3 aliphatic rings. The van der Waals surface area contributed by atoms with Gasteiger partial charge in [-0.15, -0.1) is 0 Å². The van der Waals surface area contributed by atoms with Gasteiger partial charge >= 0.3 is 12.0 Å². The highest BCUT2D eigenvalue weighted by Crippen LogP contribution is 2.37. The third-order valence-corrected chi connectivity index (χ3v) is 4.79. The van der Waals surface area contributed by atoms with Gasteiger partial charge in [-0.3, -0.25) is 0 Å². The number of benzene rings is 1. The van der Waals surface area contributed by atoms with Crippen LogP contribution < -0.4 is 20.1 Å². The number of rotatable bonds is 3. The van der Waals surface area contributed by atoms with Gasteiger partial charge in [-0.05, 0) is 50.3 Å². The minimum atomic E-state index is -0.586. The number of hydrogen-bond acceptors (Lipinski definition) is 5. The molecular weight excluding hydrogens is 324 g/mol. The van der Waals surface area contributed by atoms with Crippen molar-refractivity contribution in [3.8, 4) is 11.5 Å². The summed E-state index contributed by atoms with van der Waals surface area (Å²) in [5.74, 6) is 0.866. The Bertz CT molecular complexity index is 752. The molecule has 0 radical (unpaired) electrons. The molecule has 2 heterocycles. The SMILES string of the molecule is CC1=C(C(=O)OC2CCCC2)C(c2ccc3c(c2)OCO3)NC(=O)N1. The van der Waals surface area contributed by atoms with Gasteiger partial charge in [-0.25, -0.2) is 9.59 Å². The molecule has 1 fully saturated rings. The summed E-state index contributed by atoms with van der Waals surface area (Å²) in [7, 11) is 0. The van der Waals surface area contributed by atoms with Gasteiger partial charge in [0, 0.05) is 5.70 Å². The van der Waals surface area contributed by atoms with Crippen molar-refractivity contribution >= 4 is 12.0 Å². The Hall–Kier alpha value is -2.70. The maximum absolute atomic E-state index is 12.8. The lowest BCUT2D eigenvalue weighted by Crippen LogP contribution is -2.45. The van der Waals surface area contributed by atoms with Crippen molar-refractivity contribution in [2.45, 2.75) is 44.8 Å². The summed E-state index contributed by atoms with van der Waals surface area (Å²) in [6.45, 7) is 1.88. The summed E-state index contributed by atoms with van der Waals surface area (Å²) in [5.41, 5.74) is 1.68. The van der Waals surface area contributed by atoms with E-state index in [2.05, 4.69) is 10.6 Å². The molecule has 0 aromatic heterocycles. The summed E-state index contributed by atoms with van der Waals surface area (Å²) in [6, 6.07) is 4.45. The Labute approximate surface area is 145 Å². The maximum Gasteiger partial charge on any atom is 0.338 e. The summed E-state index contributed by atoms with van der Waals surface area (Å²) in [6.07, 6.45) is 3.91. The molecule has 1 aromatic rings. The van der Waals surface area contributed by atoms with E-state index < -0.39 is 6.04 Å². The highest BCUT2D eigenvalue weighted by atomic mass is 16.7. The van der Waals surface area contributed by atoms with Crippen LogP contribution >= 0.6 is 0 Å². The summed E-state index contributed by atoms with van der Waals surface area (Å²) < 4.78 is 16.4. The number of amides is 2. The number of esters is 1. The molecule has 2 amide bonds. The molecule has 0 saturated heterocycles. The number of nitrogens with one attached hydrogen (secondary N) is 2. The van der Waals surface area contributed by atoms with Crippen molar-refractivity contribution in [2.24, 2.45) is 0 Å². The van der Waals surface area contributed by atoms with Gasteiger partial charge in [0.05, 0.1) is 11.6 Å². The van der Waals surface area contributed by atoms with Gasteiger partial charge in [-0.1, -0.05) is 6.07 Å². The molecule has 7 nitrogen and oxygen atoms in total. The van der Waals surface area contributed by atoms with Crippen LogP contribution in [0.15, 0.2) is 29.5 Å². The molecule has 1 aliphatic carbocycles. The van der Waals surface area contributed by atoms with Gasteiger partial charge < -0.3 is 24.8 Å². The maximum atomic E-state index is 12.8. The van der Waals surface area contributed by atoms with E-state index in [1.54, 1.807) is 19.1 Å². The molecule has 1 unspecified atom stereocenters. The van der Waals surface area contributed by atoms with E-state index in [0.717, 1.165) is 31.2 Å². The highest BCUT2D eigenvalue weighted by molar-refractivity contribution is 5.95. The Morgan fingerprint density at radius 2 is 1.96 bits per heavy atom. The fourth-order valence-corrected chi connectivity index (χ4v) is 3.53. The van der Waals surface area contributed by atoms with E-state index in [1.807, 2.05) is 6.07 Å². The van der Waals surface area contributed by atoms with Crippen LogP contribution in [0.4, 0.5) is 4.79 Å². The van der Waals surface area contributed by atoms with E-state index >= 15 is 0 Å². The third kappa shape index (κ3) is 3.01. The number of carbonyl (C=O) groups excluding carboxylic acids is 2. The molecule has 0 spiro atoms. The largest absolute Gasteiger partial charge is 0.459 e. The topological polar surface area (TPSA) is 85.9 Å². The molecule has 2 aliphatic heterocycles. The average molecular weight is 344 g/mol. The Morgan fingerprint density at radius 3 is 2.76 bits per heavy atom. The van der Waals surface area contributed by atoms with Crippen molar-refractivity contribution < 1.29 is 23.8 Å². The Morgan fingerprint density at radius 1 is 1.20 bits per heavy atom. The number of ether oxygens (including phenoxy) is 3. The van der Waals surface area contributed by atoms with Crippen LogP contribution in [-0.4, -0.2) is 24.9 Å². The molecule has 25 heavy (non-hydrogen) atoms. The molecule has 7 heteroatoms. The van der Waals surface area contributed by atoms with Crippen LogP contribution in [-0.2, 0) is 9.53 Å². The van der Waals surface area contributed by atoms with Crippen LogP contribution in [0.5, 0.6) is 11.5 Å². The predicted molar refractivity (Wildman–Crippen MR) is 88.0 cm³/mol. The number of allylic oxidation sites excluding steroid dienone is 1. The molecule has 132 valence electrons. The Kier molecular flexibility index (Phi) is 3.99. The van der Waals surface area contributed by atoms with Gasteiger partial charge in [-0.2, -0.15) is 0 Å². The van der Waals surface area contributed by atoms with Crippen LogP contribution in [0.3, 0.4) is 0 Å². The van der Waals surface area contributed by atoms with Gasteiger partial charge in [0.15, 0.2) is 11.5 Å². The fourth-order valence-electron chi connectivity index (χ4n) is 3.53. The second kappa shape index (κ2) is 6.31. The van der Waals surface area contributed by atoms with Crippen molar-refractivity contribution in [1.82, 2.24) is 10.6 Å². The molecule has 4 rings (SSSR count). The van der Waals surface area contributed by atoms with Gasteiger partial charge in [0.25, 0.3) is 0 Å². The smallest absolute Gasteiger partial charge is 0.338 e. The first kappa shape index (κ1) is 15.8. The molecule has 1 saturated carbocycles. The summed E-state index contributed by atoms with van der Waals surface area (Å²) in [5, 5.41) is 5.47. The molecule has 2 N–H and O–H groups in total. The standard InChI is InChI=1S/C18H20N2O5/c1-10-15(17(21)25-12-4-2-3-5-12)16(20-18(22)19-10)11-6-7-13-14(8-11)24-9-23-13/h6-8,12,16H,2-5,9H2,1H3,(H2,19,20,22). The zero-order chi connectivity index (χ0) is 17.4. The first-order valence-corrected chi connectivity index (χ1v) is 8.50. The molecular formula is C18H20N2O5. The summed E-state index contributed by atoms with van der Waals surface area (Å²) in [4.78, 5) is 24.7. The van der Waals surface area contributed by atoms with Crippen molar-refractivity contribution in [3.63, 3.8) is 0 Å². The first-order chi connectivity index (χ1) is 12.1. The van der Waals surface area contributed by atoms with E-state index in [4.69, 9.17) is 14.2 Å². The second-order valence-corrected chi connectivity index (χ2v) is 6.49. The van der Waals surface area contributed by atoms with Crippen LogP contribution in [0.2, 0.25) is 0 Å². The van der Waals surface area contributed by atoms with Crippen LogP contribution in [0.25, 0.3) is 0 Å². The lowest BCUT2D eigenvalue weighted by molar-refractivity contribution is -0.144. The molecule has 1 aromatic carbocycles. The fraction of sp³-hybridized carbons (Fsp3) is 0.444. The van der Waals surface area contributed by atoms with Crippen molar-refractivity contribution in [3.05, 3.63) is 35.0 Å². The number of hydrogen-bond donors (Lipinski definition) is 2. The number of fused-ring (bicyclic) bond motifs is 1. The number of carbonyl (C=O) groups is 2. The minimum absolute atomic E-state index is 0.0390. The van der Waals surface area contributed by atoms with Gasteiger partial charge in [0.2, 0.25) is 6.79 Å². The van der Waals surface area contributed by atoms with Crippen LogP contribution in [0.1, 0.15) is 44.2 Å². The lowest BCUT2D eigenvalue weighted by atomic mass is 9.95. The summed E-state index contributed by atoms with van der Waals surface area (Å²) >= 11 is 0. The Balaban J connectivity index is 1.64. The normalized spacial score (nSPS) is 22.6. The third-order valence-electron chi connectivity index (χ3n) is 4.79. The number of urea groups is 1. The van der Waals surface area contributed by atoms with Crippen molar-refractivity contribution in [1.29, 1.82) is 0 Å². The molecule has 0 bridgehead atoms. The second-order valence-electron chi connectivity index (χ2n) is 6.49. The highest BCUT2D eigenvalue weighted by Gasteiger charge is 2.34. The van der Waals surface area contributed by atoms with E-state index in [1.165, 1.54) is 0 Å². The van der Waals surface area contributed by atoms with Crippen molar-refractivity contribution in [2.75, 3.05) is 6.79 Å². The van der Waals surface area contributed by atoms with E-state index in [9.17, 15) is 9.59 Å².